The Hall–Kier alpha value is -2.67. The van der Waals surface area contributed by atoms with Gasteiger partial charge in [-0.3, -0.25) is 9.59 Å². The van der Waals surface area contributed by atoms with Gasteiger partial charge in [-0.05, 0) is 55.3 Å². The van der Waals surface area contributed by atoms with Crippen molar-refractivity contribution in [2.24, 2.45) is 5.10 Å². The number of aryl methyl sites for hydroxylation is 2. The first-order chi connectivity index (χ1) is 11.9. The Kier molecular flexibility index (Phi) is 6.30. The molecule has 25 heavy (non-hydrogen) atoms. The average molecular weight is 404 g/mol. The first-order valence-electron chi connectivity index (χ1n) is 7.46. The summed E-state index contributed by atoms with van der Waals surface area (Å²) in [6, 6.07) is 10.8. The Balaban J connectivity index is 1.98. The molecule has 0 spiro atoms. The monoisotopic (exact) mass is 403 g/mol. The molecule has 0 aromatic heterocycles. The standard InChI is InChI=1S/C18H18BrN3O3/c1-11-4-6-15(8-12(11)2)21-17(23)18(24)22-20-10-13-9-14(19)5-7-16(13)25-3/h4-10H,1-3H3,(H,21,23)(H,22,24)/b20-10+. The third kappa shape index (κ3) is 5.15. The SMILES string of the molecule is COc1ccc(Br)cc1/C=N/NC(=O)C(=O)Nc1ccc(C)c(C)c1. The van der Waals surface area contributed by atoms with Crippen molar-refractivity contribution in [3.05, 3.63) is 57.6 Å². The fraction of sp³-hybridized carbons (Fsp3) is 0.167. The van der Waals surface area contributed by atoms with Gasteiger partial charge in [-0.2, -0.15) is 5.10 Å². The van der Waals surface area contributed by atoms with E-state index in [-0.39, 0.29) is 0 Å². The summed E-state index contributed by atoms with van der Waals surface area (Å²) < 4.78 is 6.04. The number of halogens is 1. The Labute approximate surface area is 154 Å². The highest BCUT2D eigenvalue weighted by Gasteiger charge is 2.13. The Morgan fingerprint density at radius 3 is 2.52 bits per heavy atom. The minimum atomic E-state index is -0.858. The molecule has 2 aromatic rings. The van der Waals surface area contributed by atoms with Crippen LogP contribution < -0.4 is 15.5 Å². The number of hydrogen-bond donors (Lipinski definition) is 2. The highest BCUT2D eigenvalue weighted by molar-refractivity contribution is 9.10. The number of ether oxygens (including phenoxy) is 1. The van der Waals surface area contributed by atoms with Gasteiger partial charge in [0.15, 0.2) is 0 Å². The van der Waals surface area contributed by atoms with Crippen molar-refractivity contribution < 1.29 is 14.3 Å². The molecule has 0 saturated carbocycles. The average Bonchev–Trinajstić information content (AvgIpc) is 2.58. The van der Waals surface area contributed by atoms with E-state index in [4.69, 9.17) is 4.74 Å². The van der Waals surface area contributed by atoms with E-state index in [9.17, 15) is 9.59 Å². The number of nitrogens with one attached hydrogen (secondary N) is 2. The highest BCUT2D eigenvalue weighted by atomic mass is 79.9. The summed E-state index contributed by atoms with van der Waals surface area (Å²) in [4.78, 5) is 23.7. The molecule has 130 valence electrons. The molecule has 0 heterocycles. The van der Waals surface area contributed by atoms with Crippen molar-refractivity contribution >= 4 is 39.6 Å². The number of amides is 2. The normalized spacial score (nSPS) is 10.6. The van der Waals surface area contributed by atoms with E-state index in [0.29, 0.717) is 17.0 Å². The summed E-state index contributed by atoms with van der Waals surface area (Å²) in [5.74, 6) is -1.05. The molecule has 0 aliphatic carbocycles. The minimum Gasteiger partial charge on any atom is -0.496 e. The molecule has 0 radical (unpaired) electrons. The van der Waals surface area contributed by atoms with Gasteiger partial charge in [0.25, 0.3) is 0 Å². The van der Waals surface area contributed by atoms with Crippen LogP contribution in [0.1, 0.15) is 16.7 Å². The van der Waals surface area contributed by atoms with E-state index in [1.165, 1.54) is 13.3 Å². The van der Waals surface area contributed by atoms with E-state index < -0.39 is 11.8 Å². The van der Waals surface area contributed by atoms with Gasteiger partial charge in [-0.25, -0.2) is 5.43 Å². The van der Waals surface area contributed by atoms with Gasteiger partial charge >= 0.3 is 11.8 Å². The van der Waals surface area contributed by atoms with Crippen LogP contribution in [0.25, 0.3) is 0 Å². The topological polar surface area (TPSA) is 79.8 Å². The molecule has 2 amide bonds. The van der Waals surface area contributed by atoms with Gasteiger partial charge in [0.1, 0.15) is 5.75 Å². The molecule has 2 aromatic carbocycles. The quantitative estimate of drug-likeness (QED) is 0.467. The minimum absolute atomic E-state index is 0.556. The molecule has 2 rings (SSSR count). The zero-order chi connectivity index (χ0) is 18.4. The number of benzene rings is 2. The summed E-state index contributed by atoms with van der Waals surface area (Å²) in [5, 5.41) is 6.33. The van der Waals surface area contributed by atoms with E-state index in [1.807, 2.05) is 26.0 Å². The fourth-order valence-electron chi connectivity index (χ4n) is 2.02. The molecule has 0 bridgehead atoms. The highest BCUT2D eigenvalue weighted by Crippen LogP contribution is 2.21. The number of nitrogens with zero attached hydrogens (tertiary/aromatic N) is 1. The Morgan fingerprint density at radius 1 is 1.08 bits per heavy atom. The van der Waals surface area contributed by atoms with Crippen LogP contribution in [-0.2, 0) is 9.59 Å². The summed E-state index contributed by atoms with van der Waals surface area (Å²) in [5.41, 5.74) is 5.54. The maximum Gasteiger partial charge on any atom is 0.329 e. The first kappa shape index (κ1) is 18.7. The first-order valence-corrected chi connectivity index (χ1v) is 8.25. The van der Waals surface area contributed by atoms with Crippen LogP contribution >= 0.6 is 15.9 Å². The maximum atomic E-state index is 11.9. The third-order valence-electron chi connectivity index (χ3n) is 3.53. The van der Waals surface area contributed by atoms with Gasteiger partial charge in [0, 0.05) is 15.7 Å². The summed E-state index contributed by atoms with van der Waals surface area (Å²) >= 11 is 3.35. The molecular formula is C18H18BrN3O3. The van der Waals surface area contributed by atoms with Crippen molar-refractivity contribution in [3.63, 3.8) is 0 Å². The number of hydrazone groups is 1. The fourth-order valence-corrected chi connectivity index (χ4v) is 2.40. The second-order valence-corrected chi connectivity index (χ2v) is 6.25. The molecule has 7 heteroatoms. The number of methoxy groups -OCH3 is 1. The van der Waals surface area contributed by atoms with Crippen LogP contribution in [-0.4, -0.2) is 25.1 Å². The van der Waals surface area contributed by atoms with Crippen molar-refractivity contribution in [3.8, 4) is 5.75 Å². The summed E-state index contributed by atoms with van der Waals surface area (Å²) in [6.07, 6.45) is 1.41. The zero-order valence-electron chi connectivity index (χ0n) is 14.1. The predicted molar refractivity (Wildman–Crippen MR) is 101 cm³/mol. The van der Waals surface area contributed by atoms with Crippen LogP contribution in [0.2, 0.25) is 0 Å². The molecule has 0 unspecified atom stereocenters. The molecule has 0 aliphatic rings. The lowest BCUT2D eigenvalue weighted by molar-refractivity contribution is -0.136. The van der Waals surface area contributed by atoms with Crippen LogP contribution in [0.5, 0.6) is 5.75 Å². The van der Waals surface area contributed by atoms with E-state index in [2.05, 4.69) is 31.8 Å². The molecule has 0 fully saturated rings. The molecule has 0 atom stereocenters. The molecule has 2 N–H and O–H groups in total. The molecule has 6 nitrogen and oxygen atoms in total. The van der Waals surface area contributed by atoms with E-state index in [1.54, 1.807) is 24.3 Å². The van der Waals surface area contributed by atoms with Crippen LogP contribution in [0.3, 0.4) is 0 Å². The zero-order valence-corrected chi connectivity index (χ0v) is 15.7. The van der Waals surface area contributed by atoms with Crippen molar-refractivity contribution in [1.29, 1.82) is 0 Å². The largest absolute Gasteiger partial charge is 0.496 e. The van der Waals surface area contributed by atoms with Gasteiger partial charge < -0.3 is 10.1 Å². The number of hydrogen-bond acceptors (Lipinski definition) is 4. The van der Waals surface area contributed by atoms with E-state index >= 15 is 0 Å². The number of carbonyl (C=O) groups is 2. The number of anilines is 1. The van der Waals surface area contributed by atoms with Crippen LogP contribution in [0, 0.1) is 13.8 Å². The van der Waals surface area contributed by atoms with Crippen molar-refractivity contribution in [1.82, 2.24) is 5.43 Å². The lowest BCUT2D eigenvalue weighted by Gasteiger charge is -2.07. The van der Waals surface area contributed by atoms with Crippen molar-refractivity contribution in [2.75, 3.05) is 12.4 Å². The number of rotatable bonds is 4. The maximum absolute atomic E-state index is 11.9. The molecule has 0 saturated heterocycles. The lowest BCUT2D eigenvalue weighted by atomic mass is 10.1. The number of carbonyl (C=O) groups excluding carboxylic acids is 2. The molecule has 0 aliphatic heterocycles. The smallest absolute Gasteiger partial charge is 0.329 e. The van der Waals surface area contributed by atoms with Crippen molar-refractivity contribution in [2.45, 2.75) is 13.8 Å². The van der Waals surface area contributed by atoms with Gasteiger partial charge in [0.2, 0.25) is 0 Å². The van der Waals surface area contributed by atoms with Gasteiger partial charge in [-0.1, -0.05) is 22.0 Å². The Bertz CT molecular complexity index is 834. The summed E-state index contributed by atoms with van der Waals surface area (Å²) in [6.45, 7) is 3.90. The van der Waals surface area contributed by atoms with Gasteiger partial charge in [0.05, 0.1) is 13.3 Å². The van der Waals surface area contributed by atoms with Crippen LogP contribution in [0.4, 0.5) is 5.69 Å². The second kappa shape index (κ2) is 8.43. The summed E-state index contributed by atoms with van der Waals surface area (Å²) in [7, 11) is 1.54. The second-order valence-electron chi connectivity index (χ2n) is 5.34. The molecular weight excluding hydrogens is 386 g/mol. The Morgan fingerprint density at radius 2 is 1.84 bits per heavy atom. The van der Waals surface area contributed by atoms with Gasteiger partial charge in [-0.15, -0.1) is 0 Å². The third-order valence-corrected chi connectivity index (χ3v) is 4.03. The van der Waals surface area contributed by atoms with E-state index in [0.717, 1.165) is 15.6 Å². The lowest BCUT2D eigenvalue weighted by Crippen LogP contribution is -2.32. The van der Waals surface area contributed by atoms with Crippen LogP contribution in [0.15, 0.2) is 46.0 Å². The predicted octanol–water partition coefficient (Wildman–Crippen LogP) is 3.16.